The summed E-state index contributed by atoms with van der Waals surface area (Å²) in [5.74, 6) is 1.62. The molecule has 0 amide bonds. The van der Waals surface area contributed by atoms with Gasteiger partial charge in [-0.2, -0.15) is 0 Å². The zero-order valence-electron chi connectivity index (χ0n) is 14.7. The maximum Gasteiger partial charge on any atom is 0.208 e. The van der Waals surface area contributed by atoms with Crippen molar-refractivity contribution in [1.82, 2.24) is 14.8 Å². The average molecular weight is 396 g/mol. The van der Waals surface area contributed by atoms with E-state index in [2.05, 4.69) is 20.8 Å². The highest BCUT2D eigenvalue weighted by Crippen LogP contribution is 2.42. The summed E-state index contributed by atoms with van der Waals surface area (Å²) >= 11 is 3.10. The molecule has 27 heavy (non-hydrogen) atoms. The molecule has 1 fully saturated rings. The Hall–Kier alpha value is -2.38. The normalized spacial score (nSPS) is 14.1. The molecule has 1 saturated carbocycles. The summed E-state index contributed by atoms with van der Waals surface area (Å²) < 4.78 is 7.99. The minimum absolute atomic E-state index is 0.0169. The van der Waals surface area contributed by atoms with E-state index in [-0.39, 0.29) is 11.5 Å². The van der Waals surface area contributed by atoms with Gasteiger partial charge in [0.25, 0.3) is 0 Å². The number of Topliss-reactive ketones (excluding diaryl/α,β-unsaturated/α-hetero) is 1. The molecule has 5 nitrogen and oxygen atoms in total. The number of para-hydroxylation sites is 1. The SMILES string of the molecule is Cc1c(C(=O)CSc2nnc(-c3cccs3)n2C2CC2)oc2ccccc12. The number of hydrogen-bond acceptors (Lipinski definition) is 6. The lowest BCUT2D eigenvalue weighted by molar-refractivity contribution is 0.0993. The first-order valence-electron chi connectivity index (χ1n) is 8.85. The summed E-state index contributed by atoms with van der Waals surface area (Å²) in [6.45, 7) is 1.94. The van der Waals surface area contributed by atoms with E-state index in [0.29, 0.717) is 11.8 Å². The monoisotopic (exact) mass is 395 g/mol. The molecule has 0 radical (unpaired) electrons. The zero-order valence-corrected chi connectivity index (χ0v) is 16.3. The summed E-state index contributed by atoms with van der Waals surface area (Å²) in [7, 11) is 0. The van der Waals surface area contributed by atoms with E-state index in [1.165, 1.54) is 11.8 Å². The molecular weight excluding hydrogens is 378 g/mol. The second-order valence-corrected chi connectivity index (χ2v) is 8.54. The average Bonchev–Trinajstić information content (AvgIpc) is 3.09. The first-order valence-corrected chi connectivity index (χ1v) is 10.7. The molecule has 0 N–H and O–H groups in total. The number of aryl methyl sites for hydroxylation is 1. The number of carbonyl (C=O) groups is 1. The van der Waals surface area contributed by atoms with Crippen LogP contribution in [-0.4, -0.2) is 26.3 Å². The van der Waals surface area contributed by atoms with E-state index in [1.807, 2.05) is 42.6 Å². The van der Waals surface area contributed by atoms with Crippen LogP contribution in [-0.2, 0) is 0 Å². The number of fused-ring (bicyclic) bond motifs is 1. The Balaban J connectivity index is 1.40. The summed E-state index contributed by atoms with van der Waals surface area (Å²) in [5, 5.41) is 12.6. The fraction of sp³-hybridized carbons (Fsp3) is 0.250. The van der Waals surface area contributed by atoms with Gasteiger partial charge in [-0.1, -0.05) is 36.0 Å². The lowest BCUT2D eigenvalue weighted by Gasteiger charge is -2.07. The molecule has 0 saturated heterocycles. The third-order valence-electron chi connectivity index (χ3n) is 4.75. The second-order valence-electron chi connectivity index (χ2n) is 6.65. The molecule has 0 bridgehead atoms. The van der Waals surface area contributed by atoms with Gasteiger partial charge in [-0.05, 0) is 37.3 Å². The molecule has 7 heteroatoms. The predicted octanol–water partition coefficient (Wildman–Crippen LogP) is 5.37. The van der Waals surface area contributed by atoms with Crippen molar-refractivity contribution in [3.8, 4) is 10.7 Å². The van der Waals surface area contributed by atoms with Gasteiger partial charge in [-0.3, -0.25) is 9.36 Å². The highest BCUT2D eigenvalue weighted by Gasteiger charge is 2.31. The van der Waals surface area contributed by atoms with Crippen molar-refractivity contribution in [2.24, 2.45) is 0 Å². The number of ketones is 1. The van der Waals surface area contributed by atoms with E-state index >= 15 is 0 Å². The van der Waals surface area contributed by atoms with Crippen LogP contribution in [0.4, 0.5) is 0 Å². The fourth-order valence-corrected chi connectivity index (χ4v) is 4.82. The van der Waals surface area contributed by atoms with Gasteiger partial charge in [0.05, 0.1) is 10.6 Å². The van der Waals surface area contributed by atoms with E-state index in [1.54, 1.807) is 11.3 Å². The Morgan fingerprint density at radius 2 is 2.11 bits per heavy atom. The van der Waals surface area contributed by atoms with Crippen molar-refractivity contribution in [2.45, 2.75) is 31.0 Å². The van der Waals surface area contributed by atoms with Crippen LogP contribution in [0.5, 0.6) is 0 Å². The minimum atomic E-state index is -0.0169. The van der Waals surface area contributed by atoms with Crippen molar-refractivity contribution in [2.75, 3.05) is 5.75 Å². The van der Waals surface area contributed by atoms with Crippen molar-refractivity contribution in [3.05, 3.63) is 53.1 Å². The number of benzene rings is 1. The zero-order chi connectivity index (χ0) is 18.4. The molecular formula is C20H17N3O2S2. The van der Waals surface area contributed by atoms with Crippen LogP contribution in [0.2, 0.25) is 0 Å². The number of thioether (sulfide) groups is 1. The first-order chi connectivity index (χ1) is 13.2. The van der Waals surface area contributed by atoms with E-state index in [9.17, 15) is 4.79 Å². The van der Waals surface area contributed by atoms with Crippen LogP contribution < -0.4 is 0 Å². The first kappa shape index (κ1) is 16.8. The Morgan fingerprint density at radius 1 is 1.26 bits per heavy atom. The van der Waals surface area contributed by atoms with Crippen LogP contribution in [0, 0.1) is 6.92 Å². The van der Waals surface area contributed by atoms with E-state index in [0.717, 1.165) is 45.2 Å². The summed E-state index contributed by atoms with van der Waals surface area (Å²) in [6, 6.07) is 12.3. The third kappa shape index (κ3) is 3.00. The molecule has 1 aliphatic carbocycles. The Kier molecular flexibility index (Phi) is 4.13. The molecule has 3 aromatic heterocycles. The largest absolute Gasteiger partial charge is 0.453 e. The molecule has 5 rings (SSSR count). The lowest BCUT2D eigenvalue weighted by atomic mass is 10.1. The Labute approximate surface area is 164 Å². The highest BCUT2D eigenvalue weighted by molar-refractivity contribution is 7.99. The highest BCUT2D eigenvalue weighted by atomic mass is 32.2. The summed E-state index contributed by atoms with van der Waals surface area (Å²) in [4.78, 5) is 13.9. The van der Waals surface area contributed by atoms with Gasteiger partial charge in [0.1, 0.15) is 5.58 Å². The Bertz CT molecular complexity index is 1120. The maximum absolute atomic E-state index is 12.8. The van der Waals surface area contributed by atoms with Gasteiger partial charge in [0, 0.05) is 17.0 Å². The summed E-state index contributed by atoms with van der Waals surface area (Å²) in [6.07, 6.45) is 2.28. The maximum atomic E-state index is 12.8. The topological polar surface area (TPSA) is 60.9 Å². The summed E-state index contributed by atoms with van der Waals surface area (Å²) in [5.41, 5.74) is 1.66. The number of furan rings is 1. The van der Waals surface area contributed by atoms with Crippen LogP contribution in [0.25, 0.3) is 21.7 Å². The van der Waals surface area contributed by atoms with Crippen LogP contribution >= 0.6 is 23.1 Å². The number of nitrogens with zero attached hydrogens (tertiary/aromatic N) is 3. The molecule has 0 spiro atoms. The number of rotatable bonds is 6. The number of thiophene rings is 1. The van der Waals surface area contributed by atoms with Crippen molar-refractivity contribution < 1.29 is 9.21 Å². The van der Waals surface area contributed by atoms with E-state index in [4.69, 9.17) is 4.42 Å². The number of hydrogen-bond donors (Lipinski definition) is 0. The second kappa shape index (κ2) is 6.65. The van der Waals surface area contributed by atoms with Crippen LogP contribution in [0.1, 0.15) is 35.0 Å². The molecule has 1 aliphatic rings. The van der Waals surface area contributed by atoms with Gasteiger partial charge in [0.2, 0.25) is 5.78 Å². The number of carbonyl (C=O) groups excluding carboxylic acids is 1. The third-order valence-corrected chi connectivity index (χ3v) is 6.56. The Morgan fingerprint density at radius 3 is 2.85 bits per heavy atom. The van der Waals surface area contributed by atoms with Gasteiger partial charge >= 0.3 is 0 Å². The number of aromatic nitrogens is 3. The predicted molar refractivity (Wildman–Crippen MR) is 108 cm³/mol. The molecule has 3 heterocycles. The van der Waals surface area contributed by atoms with Crippen molar-refractivity contribution in [3.63, 3.8) is 0 Å². The molecule has 1 aromatic carbocycles. The molecule has 0 atom stereocenters. The van der Waals surface area contributed by atoms with E-state index < -0.39 is 0 Å². The van der Waals surface area contributed by atoms with Gasteiger partial charge in [0.15, 0.2) is 16.7 Å². The van der Waals surface area contributed by atoms with Gasteiger partial charge < -0.3 is 4.42 Å². The fourth-order valence-electron chi connectivity index (χ4n) is 3.25. The quantitative estimate of drug-likeness (QED) is 0.324. The lowest BCUT2D eigenvalue weighted by Crippen LogP contribution is -2.05. The molecule has 4 aromatic rings. The molecule has 0 unspecified atom stereocenters. The molecule has 0 aliphatic heterocycles. The van der Waals surface area contributed by atoms with Crippen LogP contribution in [0.3, 0.4) is 0 Å². The van der Waals surface area contributed by atoms with Gasteiger partial charge in [-0.15, -0.1) is 21.5 Å². The van der Waals surface area contributed by atoms with Crippen molar-refractivity contribution >= 4 is 39.9 Å². The smallest absolute Gasteiger partial charge is 0.208 e. The minimum Gasteiger partial charge on any atom is -0.453 e. The molecule has 136 valence electrons. The van der Waals surface area contributed by atoms with Gasteiger partial charge in [-0.25, -0.2) is 0 Å². The van der Waals surface area contributed by atoms with Crippen molar-refractivity contribution in [1.29, 1.82) is 0 Å². The van der Waals surface area contributed by atoms with Crippen LogP contribution in [0.15, 0.2) is 51.4 Å². The standard InChI is InChI=1S/C20H17N3O2S2/c1-12-14-5-2-3-6-16(14)25-18(12)15(24)11-27-20-22-21-19(17-7-4-10-26-17)23(20)13-8-9-13/h2-7,10,13H,8-9,11H2,1H3.